The van der Waals surface area contributed by atoms with Gasteiger partial charge in [0.1, 0.15) is 0 Å². The Kier molecular flexibility index (Phi) is 8.14. The van der Waals surface area contributed by atoms with E-state index in [4.69, 9.17) is 14.2 Å². The Morgan fingerprint density at radius 3 is 2.15 bits per heavy atom. The van der Waals surface area contributed by atoms with Crippen LogP contribution in [-0.2, 0) is 9.47 Å². The largest absolute Gasteiger partial charge is 0.491 e. The second-order valence-corrected chi connectivity index (χ2v) is 9.23. The van der Waals surface area contributed by atoms with Crippen LogP contribution in [0.5, 0.6) is 5.75 Å². The average molecular weight is 481 g/mol. The van der Waals surface area contributed by atoms with Gasteiger partial charge in [-0.25, -0.2) is 13.2 Å². The third-order valence-corrected chi connectivity index (χ3v) is 7.04. The van der Waals surface area contributed by atoms with E-state index in [9.17, 15) is 13.2 Å². The average Bonchev–Trinajstić information content (AvgIpc) is 2.85. The van der Waals surface area contributed by atoms with Gasteiger partial charge >= 0.3 is 0 Å². The summed E-state index contributed by atoms with van der Waals surface area (Å²) in [5.74, 6) is -4.94. The van der Waals surface area contributed by atoms with Gasteiger partial charge in [-0.3, -0.25) is 0 Å². The maximum atomic E-state index is 15.0. The molecular weight excluding hydrogens is 448 g/mol. The lowest BCUT2D eigenvalue weighted by Crippen LogP contribution is -2.38. The number of rotatable bonds is 7. The van der Waals surface area contributed by atoms with Gasteiger partial charge in [0.2, 0.25) is 5.82 Å². The normalized spacial score (nSPS) is 25.4. The van der Waals surface area contributed by atoms with Crippen molar-refractivity contribution in [2.45, 2.75) is 70.5 Å². The van der Waals surface area contributed by atoms with E-state index in [1.807, 2.05) is 0 Å². The summed E-state index contributed by atoms with van der Waals surface area (Å²) in [7, 11) is 0. The van der Waals surface area contributed by atoms with Gasteiger partial charge in [-0.05, 0) is 56.7 Å². The van der Waals surface area contributed by atoms with Gasteiger partial charge in [-0.2, -0.15) is 4.39 Å². The van der Waals surface area contributed by atoms with E-state index in [0.717, 1.165) is 32.1 Å². The van der Waals surface area contributed by atoms with Crippen molar-refractivity contribution in [3.8, 4) is 16.9 Å². The minimum Gasteiger partial charge on any atom is -0.491 e. The Balaban J connectivity index is 1.44. The molecule has 34 heavy (non-hydrogen) atoms. The molecule has 4 rings (SSSR count). The molecular formula is C27H32F4O3. The molecule has 2 fully saturated rings. The molecule has 0 spiro atoms. The lowest BCUT2D eigenvalue weighted by molar-refractivity contribution is -0.0966. The third-order valence-electron chi connectivity index (χ3n) is 7.04. The number of hydrogen-bond donors (Lipinski definition) is 0. The molecule has 186 valence electrons. The molecule has 2 saturated heterocycles. The lowest BCUT2D eigenvalue weighted by atomic mass is 9.84. The zero-order valence-corrected chi connectivity index (χ0v) is 19.7. The summed E-state index contributed by atoms with van der Waals surface area (Å²) in [5, 5.41) is 0. The van der Waals surface area contributed by atoms with E-state index >= 15 is 4.39 Å². The minimum atomic E-state index is -1.27. The molecule has 0 aliphatic carbocycles. The monoisotopic (exact) mass is 480 g/mol. The van der Waals surface area contributed by atoms with Gasteiger partial charge in [-0.15, -0.1) is 0 Å². The van der Waals surface area contributed by atoms with Crippen LogP contribution in [-0.4, -0.2) is 32.0 Å². The van der Waals surface area contributed by atoms with Crippen molar-refractivity contribution in [1.29, 1.82) is 0 Å². The van der Waals surface area contributed by atoms with Crippen molar-refractivity contribution >= 4 is 0 Å². The molecule has 2 aliphatic rings. The summed E-state index contributed by atoms with van der Waals surface area (Å²) < 4.78 is 75.9. The summed E-state index contributed by atoms with van der Waals surface area (Å²) in [4.78, 5) is 0. The van der Waals surface area contributed by atoms with Crippen LogP contribution in [0.3, 0.4) is 0 Å². The third kappa shape index (κ3) is 5.10. The topological polar surface area (TPSA) is 27.7 Å². The fourth-order valence-corrected chi connectivity index (χ4v) is 5.15. The maximum Gasteiger partial charge on any atom is 0.201 e. The first-order valence-electron chi connectivity index (χ1n) is 12.3. The summed E-state index contributed by atoms with van der Waals surface area (Å²) in [6, 6.07) is 5.18. The van der Waals surface area contributed by atoms with E-state index in [0.29, 0.717) is 31.7 Å². The van der Waals surface area contributed by atoms with Crippen molar-refractivity contribution < 1.29 is 31.8 Å². The first-order valence-corrected chi connectivity index (χ1v) is 12.3. The molecule has 2 aliphatic heterocycles. The second kappa shape index (κ2) is 11.1. The van der Waals surface area contributed by atoms with Crippen LogP contribution >= 0.6 is 0 Å². The van der Waals surface area contributed by atoms with Crippen LogP contribution < -0.4 is 4.74 Å². The highest BCUT2D eigenvalue weighted by atomic mass is 19.2. The van der Waals surface area contributed by atoms with Crippen molar-refractivity contribution in [3.63, 3.8) is 0 Å². The molecule has 0 bridgehead atoms. The van der Waals surface area contributed by atoms with Gasteiger partial charge in [-0.1, -0.05) is 25.5 Å². The van der Waals surface area contributed by atoms with E-state index in [1.165, 1.54) is 24.3 Å². The predicted molar refractivity (Wildman–Crippen MR) is 122 cm³/mol. The van der Waals surface area contributed by atoms with Crippen LogP contribution in [0.1, 0.15) is 63.9 Å². The van der Waals surface area contributed by atoms with E-state index in [1.54, 1.807) is 6.92 Å². The molecule has 2 aromatic rings. The minimum absolute atomic E-state index is 0.0620. The Labute approximate surface area is 198 Å². The summed E-state index contributed by atoms with van der Waals surface area (Å²) in [5.41, 5.74) is -0.465. The number of hydrogen-bond acceptors (Lipinski definition) is 3. The van der Waals surface area contributed by atoms with Gasteiger partial charge in [0, 0.05) is 23.0 Å². The summed E-state index contributed by atoms with van der Waals surface area (Å²) >= 11 is 0. The van der Waals surface area contributed by atoms with Crippen LogP contribution in [0.25, 0.3) is 11.1 Å². The first kappa shape index (κ1) is 25.0. The number of ether oxygens (including phenoxy) is 3. The highest BCUT2D eigenvalue weighted by molar-refractivity contribution is 5.66. The molecule has 4 unspecified atom stereocenters. The second-order valence-electron chi connectivity index (χ2n) is 9.23. The van der Waals surface area contributed by atoms with Crippen molar-refractivity contribution in [3.05, 3.63) is 53.1 Å². The Hall–Kier alpha value is -2.12. The van der Waals surface area contributed by atoms with Crippen LogP contribution in [0.15, 0.2) is 24.3 Å². The number of benzene rings is 2. The molecule has 2 heterocycles. The highest BCUT2D eigenvalue weighted by Gasteiger charge is 2.34. The molecule has 0 N–H and O–H groups in total. The van der Waals surface area contributed by atoms with Gasteiger partial charge in [0.15, 0.2) is 23.2 Å². The fraction of sp³-hybridized carbons (Fsp3) is 0.556. The van der Waals surface area contributed by atoms with Crippen molar-refractivity contribution in [2.75, 3.05) is 19.8 Å². The zero-order valence-electron chi connectivity index (χ0n) is 19.7. The fourth-order valence-electron chi connectivity index (χ4n) is 5.15. The van der Waals surface area contributed by atoms with E-state index < -0.39 is 23.3 Å². The Bertz CT molecular complexity index is 980. The highest BCUT2D eigenvalue weighted by Crippen LogP contribution is 2.38. The van der Waals surface area contributed by atoms with E-state index in [-0.39, 0.29) is 41.1 Å². The molecule has 2 aromatic carbocycles. The van der Waals surface area contributed by atoms with Crippen molar-refractivity contribution in [2.24, 2.45) is 5.92 Å². The molecule has 3 nitrogen and oxygen atoms in total. The molecule has 0 radical (unpaired) electrons. The van der Waals surface area contributed by atoms with Gasteiger partial charge in [0.05, 0.1) is 32.0 Å². The lowest BCUT2D eigenvalue weighted by Gasteiger charge is -2.38. The first-order chi connectivity index (χ1) is 16.4. The molecule has 4 atom stereocenters. The summed E-state index contributed by atoms with van der Waals surface area (Å²) in [6.07, 6.45) is 6.09. The predicted octanol–water partition coefficient (Wildman–Crippen LogP) is 7.17. The standard InChI is InChI=1S/C27H32F4O3/c1-3-5-18-8-6-17(15-33-18)22-12-7-16(14-34-22)19-9-10-20(25(29)24(19)28)21-11-13-23(32-4-2)27(31)26(21)30/h9-11,13,16-18,22H,3-8,12,14-15H2,1-2H3. The zero-order chi connectivity index (χ0) is 24.2. The molecule has 0 aromatic heterocycles. The van der Waals surface area contributed by atoms with Crippen LogP contribution in [0, 0.1) is 29.2 Å². The molecule has 7 heteroatoms. The number of halogens is 4. The van der Waals surface area contributed by atoms with E-state index in [2.05, 4.69) is 6.92 Å². The Morgan fingerprint density at radius 1 is 0.794 bits per heavy atom. The smallest absolute Gasteiger partial charge is 0.201 e. The summed E-state index contributed by atoms with van der Waals surface area (Å²) in [6.45, 7) is 4.93. The SMILES string of the molecule is CCCC1CCC(C2CCC(c3ccc(-c4ccc(OCC)c(F)c4F)c(F)c3F)CO2)CO1. The van der Waals surface area contributed by atoms with Gasteiger partial charge < -0.3 is 14.2 Å². The molecule has 0 amide bonds. The molecule has 0 saturated carbocycles. The quantitative estimate of drug-likeness (QED) is 0.393. The van der Waals surface area contributed by atoms with Gasteiger partial charge in [0.25, 0.3) is 0 Å². The maximum absolute atomic E-state index is 15.0. The van der Waals surface area contributed by atoms with Crippen LogP contribution in [0.4, 0.5) is 17.6 Å². The van der Waals surface area contributed by atoms with Crippen molar-refractivity contribution in [1.82, 2.24) is 0 Å². The van der Waals surface area contributed by atoms with Crippen LogP contribution in [0.2, 0.25) is 0 Å². The Morgan fingerprint density at radius 2 is 1.53 bits per heavy atom.